The fraction of sp³-hybridized carbons (Fsp3) is 0.667. The Bertz CT molecular complexity index is 326. The van der Waals surface area contributed by atoms with Crippen LogP contribution in [-0.2, 0) is 0 Å². The number of anilines is 1. The number of aromatic nitrogens is 2. The Morgan fingerprint density at radius 3 is 2.69 bits per heavy atom. The number of nitrogens with one attached hydrogen (secondary N) is 1. The number of rotatable bonds is 3. The number of hydrogen-bond acceptors (Lipinski definition) is 3. The van der Waals surface area contributed by atoms with Crippen LogP contribution < -0.4 is 5.32 Å². The first-order chi connectivity index (χ1) is 7.75. The normalized spacial score (nSPS) is 25.4. The third-order valence-electron chi connectivity index (χ3n) is 3.43. The van der Waals surface area contributed by atoms with Gasteiger partial charge in [0.2, 0.25) is 5.95 Å². The molecule has 1 saturated carbocycles. The molecule has 1 N–H and O–H groups in total. The average Bonchev–Trinajstić information content (AvgIpc) is 2.30. The first kappa shape index (κ1) is 11.3. The number of nitrogens with zero attached hydrogens (tertiary/aromatic N) is 2. The molecule has 0 aromatic carbocycles. The van der Waals surface area contributed by atoms with Gasteiger partial charge in [0.05, 0.1) is 12.4 Å². The van der Waals surface area contributed by atoms with Crippen LogP contribution in [0.15, 0.2) is 12.4 Å². The molecule has 2 rings (SSSR count). The zero-order chi connectivity index (χ0) is 11.4. The van der Waals surface area contributed by atoms with E-state index < -0.39 is 5.82 Å². The molecular formula is C12H18FN3. The minimum Gasteiger partial charge on any atom is -0.354 e. The molecule has 1 aliphatic rings. The molecule has 0 saturated heterocycles. The number of hydrogen-bond donors (Lipinski definition) is 1. The van der Waals surface area contributed by atoms with Crippen LogP contribution in [0, 0.1) is 17.7 Å². The second kappa shape index (κ2) is 5.23. The van der Waals surface area contributed by atoms with E-state index >= 15 is 0 Å². The van der Waals surface area contributed by atoms with Crippen LogP contribution in [0.4, 0.5) is 10.3 Å². The van der Waals surface area contributed by atoms with Crippen molar-refractivity contribution < 1.29 is 4.39 Å². The van der Waals surface area contributed by atoms with Gasteiger partial charge in [0.25, 0.3) is 0 Å². The van der Waals surface area contributed by atoms with Crippen LogP contribution in [0.5, 0.6) is 0 Å². The van der Waals surface area contributed by atoms with Gasteiger partial charge in [-0.15, -0.1) is 0 Å². The van der Waals surface area contributed by atoms with Gasteiger partial charge >= 0.3 is 0 Å². The van der Waals surface area contributed by atoms with Crippen molar-refractivity contribution in [3.8, 4) is 0 Å². The van der Waals surface area contributed by atoms with Gasteiger partial charge in [0.15, 0.2) is 5.82 Å². The van der Waals surface area contributed by atoms with E-state index in [0.717, 1.165) is 12.5 Å². The summed E-state index contributed by atoms with van der Waals surface area (Å²) in [4.78, 5) is 7.78. The molecule has 1 aromatic heterocycles. The maximum absolute atomic E-state index is 12.6. The van der Waals surface area contributed by atoms with Crippen molar-refractivity contribution >= 4 is 5.95 Å². The van der Waals surface area contributed by atoms with Gasteiger partial charge in [-0.2, -0.15) is 0 Å². The molecule has 2 atom stereocenters. The Labute approximate surface area is 95.5 Å². The lowest BCUT2D eigenvalue weighted by atomic mass is 9.80. The zero-order valence-electron chi connectivity index (χ0n) is 9.62. The fourth-order valence-corrected chi connectivity index (χ4v) is 2.32. The predicted molar refractivity (Wildman–Crippen MR) is 61.6 cm³/mol. The molecule has 1 aliphatic carbocycles. The van der Waals surface area contributed by atoms with E-state index in [0.29, 0.717) is 11.9 Å². The molecule has 3 nitrogen and oxygen atoms in total. The third kappa shape index (κ3) is 2.90. The Morgan fingerprint density at radius 1 is 1.31 bits per heavy atom. The van der Waals surface area contributed by atoms with Gasteiger partial charge in [0, 0.05) is 6.54 Å². The van der Waals surface area contributed by atoms with Gasteiger partial charge in [-0.3, -0.25) is 0 Å². The van der Waals surface area contributed by atoms with Crippen molar-refractivity contribution in [1.29, 1.82) is 0 Å². The highest BCUT2D eigenvalue weighted by atomic mass is 19.1. The summed E-state index contributed by atoms with van der Waals surface area (Å²) in [5.74, 6) is 1.60. The molecule has 1 fully saturated rings. The summed E-state index contributed by atoms with van der Waals surface area (Å²) in [5.41, 5.74) is 0. The van der Waals surface area contributed by atoms with Crippen molar-refractivity contribution in [2.24, 2.45) is 11.8 Å². The van der Waals surface area contributed by atoms with Crippen LogP contribution in [0.25, 0.3) is 0 Å². The van der Waals surface area contributed by atoms with E-state index in [4.69, 9.17) is 0 Å². The van der Waals surface area contributed by atoms with Crippen LogP contribution in [0.1, 0.15) is 32.6 Å². The Hall–Kier alpha value is -1.19. The van der Waals surface area contributed by atoms with Gasteiger partial charge in [0.1, 0.15) is 0 Å². The minimum atomic E-state index is -0.392. The first-order valence-electron chi connectivity index (χ1n) is 5.97. The Morgan fingerprint density at radius 2 is 2.00 bits per heavy atom. The molecule has 1 heterocycles. The quantitative estimate of drug-likeness (QED) is 0.856. The summed E-state index contributed by atoms with van der Waals surface area (Å²) in [6, 6.07) is 0. The van der Waals surface area contributed by atoms with Crippen molar-refractivity contribution in [1.82, 2.24) is 9.97 Å². The van der Waals surface area contributed by atoms with Gasteiger partial charge in [-0.05, 0) is 18.3 Å². The van der Waals surface area contributed by atoms with E-state index in [1.807, 2.05) is 0 Å². The lowest BCUT2D eigenvalue weighted by molar-refractivity contribution is 0.268. The molecular weight excluding hydrogens is 205 g/mol. The maximum atomic E-state index is 12.6. The van der Waals surface area contributed by atoms with Crippen LogP contribution in [0.2, 0.25) is 0 Å². The van der Waals surface area contributed by atoms with Crippen molar-refractivity contribution in [3.05, 3.63) is 18.2 Å². The highest BCUT2D eigenvalue weighted by molar-refractivity contribution is 5.22. The molecule has 88 valence electrons. The predicted octanol–water partition coefficient (Wildman–Crippen LogP) is 2.85. The highest BCUT2D eigenvalue weighted by Gasteiger charge is 2.20. The highest BCUT2D eigenvalue weighted by Crippen LogP contribution is 2.29. The maximum Gasteiger partial charge on any atom is 0.222 e. The van der Waals surface area contributed by atoms with Gasteiger partial charge < -0.3 is 5.32 Å². The summed E-state index contributed by atoms with van der Waals surface area (Å²) in [7, 11) is 0. The largest absolute Gasteiger partial charge is 0.354 e. The van der Waals surface area contributed by atoms with E-state index in [1.165, 1.54) is 38.1 Å². The summed E-state index contributed by atoms with van der Waals surface area (Å²) in [6.07, 6.45) is 7.65. The van der Waals surface area contributed by atoms with Gasteiger partial charge in [-0.25, -0.2) is 14.4 Å². The van der Waals surface area contributed by atoms with Crippen molar-refractivity contribution in [2.75, 3.05) is 11.9 Å². The lowest BCUT2D eigenvalue weighted by Crippen LogP contribution is -2.24. The Kier molecular flexibility index (Phi) is 3.70. The molecule has 0 spiro atoms. The molecule has 0 radical (unpaired) electrons. The lowest BCUT2D eigenvalue weighted by Gasteiger charge is -2.28. The van der Waals surface area contributed by atoms with Crippen LogP contribution in [0.3, 0.4) is 0 Å². The van der Waals surface area contributed by atoms with E-state index in [-0.39, 0.29) is 0 Å². The smallest absolute Gasteiger partial charge is 0.222 e. The first-order valence-corrected chi connectivity index (χ1v) is 5.97. The van der Waals surface area contributed by atoms with Crippen molar-refractivity contribution in [3.63, 3.8) is 0 Å². The van der Waals surface area contributed by atoms with Crippen LogP contribution in [-0.4, -0.2) is 16.5 Å². The average molecular weight is 223 g/mol. The SMILES string of the molecule is CC1CCCCC1CNc1ncc(F)cn1. The molecule has 16 heavy (non-hydrogen) atoms. The van der Waals surface area contributed by atoms with E-state index in [2.05, 4.69) is 22.2 Å². The molecule has 0 bridgehead atoms. The number of halogens is 1. The van der Waals surface area contributed by atoms with Crippen LogP contribution >= 0.6 is 0 Å². The third-order valence-corrected chi connectivity index (χ3v) is 3.43. The fourth-order valence-electron chi connectivity index (χ4n) is 2.32. The minimum absolute atomic E-state index is 0.392. The Balaban J connectivity index is 1.84. The summed E-state index contributed by atoms with van der Waals surface area (Å²) in [6.45, 7) is 3.20. The van der Waals surface area contributed by atoms with E-state index in [9.17, 15) is 4.39 Å². The molecule has 2 unspecified atom stereocenters. The molecule has 0 amide bonds. The molecule has 0 aliphatic heterocycles. The molecule has 1 aromatic rings. The summed E-state index contributed by atoms with van der Waals surface area (Å²) < 4.78 is 12.6. The van der Waals surface area contributed by atoms with E-state index in [1.54, 1.807) is 0 Å². The monoisotopic (exact) mass is 223 g/mol. The van der Waals surface area contributed by atoms with Crippen molar-refractivity contribution in [2.45, 2.75) is 32.6 Å². The summed E-state index contributed by atoms with van der Waals surface area (Å²) in [5, 5.41) is 3.18. The second-order valence-electron chi connectivity index (χ2n) is 4.63. The standard InChI is InChI=1S/C12H18FN3/c1-9-4-2-3-5-10(9)6-14-12-15-7-11(13)8-16-12/h7-10H,2-6H2,1H3,(H,14,15,16). The summed E-state index contributed by atoms with van der Waals surface area (Å²) >= 11 is 0. The second-order valence-corrected chi connectivity index (χ2v) is 4.63. The topological polar surface area (TPSA) is 37.8 Å². The zero-order valence-corrected chi connectivity index (χ0v) is 9.62. The molecule has 4 heteroatoms. The van der Waals surface area contributed by atoms with Gasteiger partial charge in [-0.1, -0.05) is 26.2 Å².